The Bertz CT molecular complexity index is 379. The Balaban J connectivity index is 2.73. The highest BCUT2D eigenvalue weighted by Gasteiger charge is 2.16. The van der Waals surface area contributed by atoms with Crippen LogP contribution in [0.1, 0.15) is 38.3 Å². The third-order valence-corrected chi connectivity index (χ3v) is 2.69. The van der Waals surface area contributed by atoms with Crippen LogP contribution in [0.25, 0.3) is 0 Å². The SMILES string of the molecule is CCCN[C@@H](CC(=O)OCC)c1ccc(OC)nc1. The summed E-state index contributed by atoms with van der Waals surface area (Å²) in [7, 11) is 1.58. The molecule has 19 heavy (non-hydrogen) atoms. The second kappa shape index (κ2) is 8.48. The van der Waals surface area contributed by atoms with Crippen molar-refractivity contribution in [3.05, 3.63) is 23.9 Å². The molecule has 106 valence electrons. The van der Waals surface area contributed by atoms with E-state index >= 15 is 0 Å². The van der Waals surface area contributed by atoms with Crippen molar-refractivity contribution in [1.82, 2.24) is 10.3 Å². The molecule has 1 rings (SSSR count). The first-order chi connectivity index (χ1) is 9.21. The van der Waals surface area contributed by atoms with E-state index in [1.807, 2.05) is 6.07 Å². The summed E-state index contributed by atoms with van der Waals surface area (Å²) >= 11 is 0. The highest BCUT2D eigenvalue weighted by Crippen LogP contribution is 2.18. The molecule has 0 fully saturated rings. The van der Waals surface area contributed by atoms with Crippen molar-refractivity contribution >= 4 is 5.97 Å². The molecule has 0 aliphatic rings. The van der Waals surface area contributed by atoms with Crippen molar-refractivity contribution in [3.8, 4) is 5.88 Å². The summed E-state index contributed by atoms with van der Waals surface area (Å²) in [6.45, 7) is 5.14. The molecule has 0 spiro atoms. The lowest BCUT2D eigenvalue weighted by Gasteiger charge is -2.18. The summed E-state index contributed by atoms with van der Waals surface area (Å²) < 4.78 is 10.0. The van der Waals surface area contributed by atoms with Crippen molar-refractivity contribution in [1.29, 1.82) is 0 Å². The number of methoxy groups -OCH3 is 1. The van der Waals surface area contributed by atoms with Gasteiger partial charge in [0.25, 0.3) is 0 Å². The number of aromatic nitrogens is 1. The molecule has 1 aromatic rings. The summed E-state index contributed by atoms with van der Waals surface area (Å²) in [5.74, 6) is 0.362. The summed E-state index contributed by atoms with van der Waals surface area (Å²) in [5, 5.41) is 3.33. The Hall–Kier alpha value is -1.62. The number of pyridine rings is 1. The molecule has 0 saturated heterocycles. The van der Waals surface area contributed by atoms with Gasteiger partial charge >= 0.3 is 5.97 Å². The number of nitrogens with one attached hydrogen (secondary N) is 1. The predicted octanol–water partition coefficient (Wildman–Crippen LogP) is 2.08. The zero-order valence-electron chi connectivity index (χ0n) is 11.8. The zero-order valence-corrected chi connectivity index (χ0v) is 11.8. The monoisotopic (exact) mass is 266 g/mol. The van der Waals surface area contributed by atoms with Crippen molar-refractivity contribution in [2.75, 3.05) is 20.3 Å². The number of rotatable bonds is 8. The molecule has 0 bridgehead atoms. The van der Waals surface area contributed by atoms with E-state index in [2.05, 4.69) is 17.2 Å². The van der Waals surface area contributed by atoms with Gasteiger partial charge in [0, 0.05) is 18.3 Å². The molecule has 0 amide bonds. The number of carbonyl (C=O) groups is 1. The first kappa shape index (κ1) is 15.4. The van der Waals surface area contributed by atoms with E-state index in [9.17, 15) is 4.79 Å². The minimum Gasteiger partial charge on any atom is -0.481 e. The maximum absolute atomic E-state index is 11.6. The third kappa shape index (κ3) is 5.26. The molecule has 1 aromatic heterocycles. The molecule has 1 atom stereocenters. The molecule has 0 unspecified atom stereocenters. The fraction of sp³-hybridized carbons (Fsp3) is 0.571. The van der Waals surface area contributed by atoms with Crippen molar-refractivity contribution in [2.45, 2.75) is 32.7 Å². The smallest absolute Gasteiger partial charge is 0.307 e. The zero-order chi connectivity index (χ0) is 14.1. The van der Waals surface area contributed by atoms with Crippen LogP contribution in [0.4, 0.5) is 0 Å². The number of hydrogen-bond acceptors (Lipinski definition) is 5. The largest absolute Gasteiger partial charge is 0.481 e. The van der Waals surface area contributed by atoms with Crippen LogP contribution in [0.3, 0.4) is 0 Å². The first-order valence-corrected chi connectivity index (χ1v) is 6.60. The summed E-state index contributed by atoms with van der Waals surface area (Å²) in [4.78, 5) is 15.8. The Morgan fingerprint density at radius 2 is 2.21 bits per heavy atom. The lowest BCUT2D eigenvalue weighted by atomic mass is 10.1. The molecule has 0 radical (unpaired) electrons. The minimum atomic E-state index is -0.202. The summed E-state index contributed by atoms with van der Waals surface area (Å²) in [6, 6.07) is 3.64. The Morgan fingerprint density at radius 1 is 1.42 bits per heavy atom. The first-order valence-electron chi connectivity index (χ1n) is 6.60. The van der Waals surface area contributed by atoms with E-state index in [1.54, 1.807) is 26.3 Å². The van der Waals surface area contributed by atoms with Gasteiger partial charge in [-0.3, -0.25) is 4.79 Å². The third-order valence-electron chi connectivity index (χ3n) is 2.69. The normalized spacial score (nSPS) is 11.9. The fourth-order valence-electron chi connectivity index (χ4n) is 1.73. The topological polar surface area (TPSA) is 60.5 Å². The summed E-state index contributed by atoms with van der Waals surface area (Å²) in [6.07, 6.45) is 3.04. The second-order valence-electron chi connectivity index (χ2n) is 4.15. The standard InChI is InChI=1S/C14H22N2O3/c1-4-8-15-12(9-14(17)19-5-2)11-6-7-13(18-3)16-10-11/h6-7,10,12,15H,4-5,8-9H2,1-3H3/t12-/m0/s1. The van der Waals surface area contributed by atoms with Gasteiger partial charge in [-0.1, -0.05) is 13.0 Å². The van der Waals surface area contributed by atoms with E-state index in [-0.39, 0.29) is 12.0 Å². The second-order valence-corrected chi connectivity index (χ2v) is 4.15. The van der Waals surface area contributed by atoms with Crippen molar-refractivity contribution in [3.63, 3.8) is 0 Å². The molecule has 0 aliphatic carbocycles. The molecular weight excluding hydrogens is 244 g/mol. The molecule has 0 aliphatic heterocycles. The Kier molecular flexibility index (Phi) is 6.89. The molecule has 5 heteroatoms. The van der Waals surface area contributed by atoms with E-state index in [4.69, 9.17) is 9.47 Å². The number of ether oxygens (including phenoxy) is 2. The van der Waals surface area contributed by atoms with Crippen molar-refractivity contribution in [2.24, 2.45) is 0 Å². The number of esters is 1. The molecule has 0 saturated carbocycles. The van der Waals surface area contributed by atoms with Gasteiger partial charge in [0.2, 0.25) is 5.88 Å². The Labute approximate surface area is 114 Å². The van der Waals surface area contributed by atoms with Crippen molar-refractivity contribution < 1.29 is 14.3 Å². The highest BCUT2D eigenvalue weighted by molar-refractivity contribution is 5.70. The molecule has 1 N–H and O–H groups in total. The average Bonchev–Trinajstić information content (AvgIpc) is 2.44. The van der Waals surface area contributed by atoms with Crippen LogP contribution in [0.2, 0.25) is 0 Å². The number of hydrogen-bond donors (Lipinski definition) is 1. The minimum absolute atomic E-state index is 0.0718. The Morgan fingerprint density at radius 3 is 2.74 bits per heavy atom. The van der Waals surface area contributed by atoms with Crippen LogP contribution in [0.5, 0.6) is 5.88 Å². The summed E-state index contributed by atoms with van der Waals surface area (Å²) in [5.41, 5.74) is 0.960. The number of nitrogens with zero attached hydrogens (tertiary/aromatic N) is 1. The molecule has 5 nitrogen and oxygen atoms in total. The molecular formula is C14H22N2O3. The van der Waals surface area contributed by atoms with Gasteiger partial charge < -0.3 is 14.8 Å². The van der Waals surface area contributed by atoms with Gasteiger partial charge in [-0.2, -0.15) is 0 Å². The van der Waals surface area contributed by atoms with Crippen LogP contribution in [0.15, 0.2) is 18.3 Å². The average molecular weight is 266 g/mol. The van der Waals surface area contributed by atoms with Gasteiger partial charge in [-0.15, -0.1) is 0 Å². The maximum atomic E-state index is 11.6. The van der Waals surface area contributed by atoms with Crippen LogP contribution in [-0.4, -0.2) is 31.2 Å². The van der Waals surface area contributed by atoms with Gasteiger partial charge in [0.1, 0.15) is 0 Å². The van der Waals surface area contributed by atoms with Crippen LogP contribution >= 0.6 is 0 Å². The van der Waals surface area contributed by atoms with Crippen LogP contribution < -0.4 is 10.1 Å². The van der Waals surface area contributed by atoms with Crippen LogP contribution in [0, 0.1) is 0 Å². The van der Waals surface area contributed by atoms with Gasteiger partial charge in [-0.05, 0) is 25.5 Å². The van der Waals surface area contributed by atoms with E-state index < -0.39 is 0 Å². The van der Waals surface area contributed by atoms with Crippen LogP contribution in [-0.2, 0) is 9.53 Å². The number of carbonyl (C=O) groups excluding carboxylic acids is 1. The van der Waals surface area contributed by atoms with Gasteiger partial charge in [-0.25, -0.2) is 4.98 Å². The highest BCUT2D eigenvalue weighted by atomic mass is 16.5. The van der Waals surface area contributed by atoms with Gasteiger partial charge in [0.05, 0.1) is 20.1 Å². The van der Waals surface area contributed by atoms with Gasteiger partial charge in [0.15, 0.2) is 0 Å². The van der Waals surface area contributed by atoms with E-state index in [0.717, 1.165) is 18.5 Å². The van der Waals surface area contributed by atoms with E-state index in [0.29, 0.717) is 18.9 Å². The lowest BCUT2D eigenvalue weighted by Crippen LogP contribution is -2.25. The molecule has 1 heterocycles. The van der Waals surface area contributed by atoms with E-state index in [1.165, 1.54) is 0 Å². The molecule has 0 aromatic carbocycles. The predicted molar refractivity (Wildman–Crippen MR) is 73.1 cm³/mol. The lowest BCUT2D eigenvalue weighted by molar-refractivity contribution is -0.143. The fourth-order valence-corrected chi connectivity index (χ4v) is 1.73. The maximum Gasteiger partial charge on any atom is 0.307 e. The quantitative estimate of drug-likeness (QED) is 0.730.